The molecular weight excluding hydrogens is 366 g/mol. The van der Waals surface area contributed by atoms with E-state index in [1.165, 1.54) is 6.07 Å². The lowest BCUT2D eigenvalue weighted by molar-refractivity contribution is -0.402. The van der Waals surface area contributed by atoms with Crippen molar-refractivity contribution in [2.75, 3.05) is 4.90 Å². The number of nitro groups is 1. The van der Waals surface area contributed by atoms with E-state index in [0.717, 1.165) is 29.0 Å². The highest BCUT2D eigenvalue weighted by Crippen LogP contribution is 2.26. The minimum Gasteiger partial charge on any atom is -0.401 e. The van der Waals surface area contributed by atoms with E-state index in [-0.39, 0.29) is 11.3 Å². The molecule has 9 nitrogen and oxygen atoms in total. The topological polar surface area (TPSA) is 123 Å². The molecule has 0 aliphatic carbocycles. The summed E-state index contributed by atoms with van der Waals surface area (Å²) in [6.07, 6.45) is 2.01. The molecule has 1 aromatic heterocycles. The number of carbonyl (C=O) groups excluding carboxylic acids is 3. The van der Waals surface area contributed by atoms with Crippen molar-refractivity contribution in [1.29, 1.82) is 0 Å². The summed E-state index contributed by atoms with van der Waals surface area (Å²) in [6.45, 7) is 4.12. The Bertz CT molecular complexity index is 989. The number of amides is 4. The van der Waals surface area contributed by atoms with Gasteiger partial charge in [-0.2, -0.15) is 0 Å². The van der Waals surface area contributed by atoms with Crippen LogP contribution < -0.4 is 10.2 Å². The number of rotatable bonds is 5. The third-order valence-electron chi connectivity index (χ3n) is 4.51. The van der Waals surface area contributed by atoms with Gasteiger partial charge in [-0.3, -0.25) is 25.0 Å². The summed E-state index contributed by atoms with van der Waals surface area (Å²) in [6, 6.07) is 8.39. The summed E-state index contributed by atoms with van der Waals surface area (Å²) >= 11 is 0. The second-order valence-corrected chi connectivity index (χ2v) is 6.29. The van der Waals surface area contributed by atoms with Gasteiger partial charge < -0.3 is 4.42 Å². The average Bonchev–Trinajstić information content (AvgIpc) is 3.14. The lowest BCUT2D eigenvalue weighted by atomic mass is 9.98. The molecule has 28 heavy (non-hydrogen) atoms. The molecule has 0 saturated carbocycles. The number of hydrogen-bond acceptors (Lipinski definition) is 6. The van der Waals surface area contributed by atoms with Crippen molar-refractivity contribution in [1.82, 2.24) is 5.32 Å². The predicted octanol–water partition coefficient (Wildman–Crippen LogP) is 3.37. The van der Waals surface area contributed by atoms with Crippen LogP contribution in [0.5, 0.6) is 0 Å². The molecule has 2 aromatic rings. The number of benzene rings is 1. The van der Waals surface area contributed by atoms with Crippen molar-refractivity contribution in [3.05, 3.63) is 63.4 Å². The minimum absolute atomic E-state index is 0.0494. The van der Waals surface area contributed by atoms with Crippen LogP contribution in [0.1, 0.15) is 37.5 Å². The molecule has 1 unspecified atom stereocenters. The average molecular weight is 383 g/mol. The summed E-state index contributed by atoms with van der Waals surface area (Å²) in [5.41, 5.74) is 0.999. The molecule has 0 radical (unpaired) electrons. The van der Waals surface area contributed by atoms with Crippen molar-refractivity contribution in [3.8, 4) is 0 Å². The zero-order valence-corrected chi connectivity index (χ0v) is 15.2. The van der Waals surface area contributed by atoms with E-state index in [2.05, 4.69) is 19.2 Å². The number of anilines is 1. The van der Waals surface area contributed by atoms with Crippen LogP contribution in [0.25, 0.3) is 6.08 Å². The van der Waals surface area contributed by atoms with Gasteiger partial charge in [0.05, 0.1) is 11.8 Å². The van der Waals surface area contributed by atoms with Gasteiger partial charge in [0.1, 0.15) is 16.3 Å². The quantitative estimate of drug-likeness (QED) is 0.365. The van der Waals surface area contributed by atoms with Gasteiger partial charge in [-0.05, 0) is 42.2 Å². The van der Waals surface area contributed by atoms with E-state index in [1.807, 2.05) is 12.1 Å². The van der Waals surface area contributed by atoms with Gasteiger partial charge in [-0.25, -0.2) is 9.69 Å². The second-order valence-electron chi connectivity index (χ2n) is 6.29. The number of urea groups is 1. The van der Waals surface area contributed by atoms with Crippen molar-refractivity contribution in [2.45, 2.75) is 26.2 Å². The Morgan fingerprint density at radius 3 is 2.43 bits per heavy atom. The van der Waals surface area contributed by atoms with Gasteiger partial charge >= 0.3 is 11.9 Å². The highest BCUT2D eigenvalue weighted by atomic mass is 16.6. The Hall–Kier alpha value is -3.75. The molecule has 1 N–H and O–H groups in total. The Kier molecular flexibility index (Phi) is 5.08. The molecule has 1 aliphatic rings. The first-order valence-corrected chi connectivity index (χ1v) is 8.57. The van der Waals surface area contributed by atoms with Crippen molar-refractivity contribution in [3.63, 3.8) is 0 Å². The fraction of sp³-hybridized carbons (Fsp3) is 0.211. The molecule has 1 fully saturated rings. The molecular formula is C19H17N3O6. The van der Waals surface area contributed by atoms with Crippen LogP contribution in [-0.4, -0.2) is 22.8 Å². The van der Waals surface area contributed by atoms with Crippen LogP contribution in [-0.2, 0) is 9.59 Å². The van der Waals surface area contributed by atoms with E-state index in [0.29, 0.717) is 11.6 Å². The van der Waals surface area contributed by atoms with Crippen LogP contribution >= 0.6 is 0 Å². The molecule has 1 aliphatic heterocycles. The number of barbiturate groups is 1. The Balaban J connectivity index is 1.93. The van der Waals surface area contributed by atoms with E-state index in [1.54, 1.807) is 12.1 Å². The predicted molar refractivity (Wildman–Crippen MR) is 99.5 cm³/mol. The van der Waals surface area contributed by atoms with E-state index >= 15 is 0 Å². The van der Waals surface area contributed by atoms with Crippen LogP contribution in [0.2, 0.25) is 0 Å². The number of hydrogen-bond donors (Lipinski definition) is 1. The molecule has 4 amide bonds. The first-order chi connectivity index (χ1) is 13.3. The Labute approximate surface area is 159 Å². The maximum absolute atomic E-state index is 12.8. The highest BCUT2D eigenvalue weighted by molar-refractivity contribution is 6.39. The molecule has 1 saturated heterocycles. The molecule has 0 bridgehead atoms. The molecule has 0 spiro atoms. The van der Waals surface area contributed by atoms with Gasteiger partial charge in [0.15, 0.2) is 0 Å². The Morgan fingerprint density at radius 1 is 1.18 bits per heavy atom. The third-order valence-corrected chi connectivity index (χ3v) is 4.51. The fourth-order valence-corrected chi connectivity index (χ4v) is 2.74. The zero-order chi connectivity index (χ0) is 20.4. The standard InChI is InChI=1S/C19H17N3O6/c1-3-11(2)12-4-6-13(7-5-12)21-18(24)15(17(23)20-19(21)25)10-14-8-9-16(28-14)22(26)27/h4-11H,3H2,1-2H3,(H,20,23,25)/b15-10-. The number of imide groups is 2. The second kappa shape index (κ2) is 7.47. The number of nitrogens with zero attached hydrogens (tertiary/aromatic N) is 2. The van der Waals surface area contributed by atoms with Gasteiger partial charge in [-0.15, -0.1) is 0 Å². The van der Waals surface area contributed by atoms with E-state index in [9.17, 15) is 24.5 Å². The maximum Gasteiger partial charge on any atom is 0.433 e. The zero-order valence-electron chi connectivity index (χ0n) is 15.2. The summed E-state index contributed by atoms with van der Waals surface area (Å²) < 4.78 is 4.96. The lowest BCUT2D eigenvalue weighted by Crippen LogP contribution is -2.54. The minimum atomic E-state index is -0.901. The summed E-state index contributed by atoms with van der Waals surface area (Å²) in [5.74, 6) is -1.99. The molecule has 1 atom stereocenters. The van der Waals surface area contributed by atoms with Gasteiger partial charge in [0.25, 0.3) is 11.8 Å². The first kappa shape index (κ1) is 19.0. The number of furan rings is 1. The molecule has 2 heterocycles. The van der Waals surface area contributed by atoms with Crippen LogP contribution in [0.3, 0.4) is 0 Å². The molecule has 3 rings (SSSR count). The van der Waals surface area contributed by atoms with Crippen molar-refractivity contribution < 1.29 is 23.7 Å². The maximum atomic E-state index is 12.8. The number of nitrogens with one attached hydrogen (secondary N) is 1. The van der Waals surface area contributed by atoms with Crippen molar-refractivity contribution in [2.24, 2.45) is 0 Å². The molecule has 9 heteroatoms. The van der Waals surface area contributed by atoms with Crippen LogP contribution in [0.4, 0.5) is 16.4 Å². The van der Waals surface area contributed by atoms with Gasteiger partial charge in [-0.1, -0.05) is 26.0 Å². The van der Waals surface area contributed by atoms with Gasteiger partial charge in [0, 0.05) is 0 Å². The Morgan fingerprint density at radius 2 is 1.86 bits per heavy atom. The molecule has 1 aromatic carbocycles. The number of carbonyl (C=O) groups is 3. The van der Waals surface area contributed by atoms with Crippen molar-refractivity contribution >= 4 is 35.5 Å². The smallest absolute Gasteiger partial charge is 0.401 e. The van der Waals surface area contributed by atoms with Crippen LogP contribution in [0, 0.1) is 10.1 Å². The third kappa shape index (κ3) is 3.54. The summed E-state index contributed by atoms with van der Waals surface area (Å²) in [7, 11) is 0. The summed E-state index contributed by atoms with van der Waals surface area (Å²) in [5, 5.41) is 12.8. The van der Waals surface area contributed by atoms with Gasteiger partial charge in [0.2, 0.25) is 0 Å². The van der Waals surface area contributed by atoms with E-state index in [4.69, 9.17) is 4.42 Å². The fourth-order valence-electron chi connectivity index (χ4n) is 2.74. The van der Waals surface area contributed by atoms with Crippen LogP contribution in [0.15, 0.2) is 46.4 Å². The largest absolute Gasteiger partial charge is 0.433 e. The summed E-state index contributed by atoms with van der Waals surface area (Å²) in [4.78, 5) is 47.9. The normalized spacial score (nSPS) is 17.0. The monoisotopic (exact) mass is 383 g/mol. The SMILES string of the molecule is CCC(C)c1ccc(N2C(=O)NC(=O)/C(=C/c3ccc([N+](=O)[O-])o3)C2=O)cc1. The lowest BCUT2D eigenvalue weighted by Gasteiger charge is -2.26. The van der Waals surface area contributed by atoms with E-state index < -0.39 is 28.7 Å². The highest BCUT2D eigenvalue weighted by Gasteiger charge is 2.37. The molecule has 144 valence electrons. The first-order valence-electron chi connectivity index (χ1n) is 8.57.